The minimum Gasteiger partial charge on any atom is -0.267 e. The molecule has 36 heavy (non-hydrogen) atoms. The van der Waals surface area contributed by atoms with Gasteiger partial charge in [0.15, 0.2) is 0 Å². The van der Waals surface area contributed by atoms with E-state index in [4.69, 9.17) is 0 Å². The van der Waals surface area contributed by atoms with Crippen molar-refractivity contribution in [1.29, 1.82) is 0 Å². The lowest BCUT2D eigenvalue weighted by molar-refractivity contribution is -0.150. The average molecular weight is 490 g/mol. The lowest BCUT2D eigenvalue weighted by Crippen LogP contribution is -2.61. The van der Waals surface area contributed by atoms with Gasteiger partial charge in [0.1, 0.15) is 0 Å². The van der Waals surface area contributed by atoms with E-state index in [9.17, 15) is 9.59 Å². The second-order valence-electron chi connectivity index (χ2n) is 10.4. The fourth-order valence-corrected chi connectivity index (χ4v) is 5.66. The molecule has 0 aromatic heterocycles. The maximum Gasteiger partial charge on any atom is 0.287 e. The molecule has 0 N–H and O–H groups in total. The summed E-state index contributed by atoms with van der Waals surface area (Å²) >= 11 is 0. The van der Waals surface area contributed by atoms with Crippen LogP contribution < -0.4 is 0 Å². The molecule has 194 valence electrons. The van der Waals surface area contributed by atoms with Crippen molar-refractivity contribution in [2.75, 3.05) is 13.1 Å². The van der Waals surface area contributed by atoms with E-state index in [0.29, 0.717) is 17.7 Å². The summed E-state index contributed by atoms with van der Waals surface area (Å²) in [5.41, 5.74) is 1.26. The van der Waals surface area contributed by atoms with Gasteiger partial charge >= 0.3 is 0 Å². The van der Waals surface area contributed by atoms with Gasteiger partial charge in [-0.1, -0.05) is 101 Å². The van der Waals surface area contributed by atoms with E-state index in [1.165, 1.54) is 57.8 Å². The standard InChI is InChI=1S/C31H43N3O2/c35-30(27-19-11-9-12-20-27)33-26-18-8-4-7-17-25-32(29-23-15-5-2-1-3-6-16-24-29)34(33)31(36)28-21-13-10-14-22-28/h9-14,19-22,29H,1-8,15-18,23-26H2. The average Bonchev–Trinajstić information content (AvgIpc) is 2.94. The number of hydrogen-bond donors (Lipinski definition) is 0. The molecule has 1 saturated heterocycles. The van der Waals surface area contributed by atoms with Crippen LogP contribution in [-0.2, 0) is 0 Å². The van der Waals surface area contributed by atoms with Crippen LogP contribution in [0.5, 0.6) is 0 Å². The first-order valence-corrected chi connectivity index (χ1v) is 14.3. The van der Waals surface area contributed by atoms with Crippen LogP contribution in [-0.4, -0.2) is 46.1 Å². The van der Waals surface area contributed by atoms with Crippen molar-refractivity contribution in [1.82, 2.24) is 15.1 Å². The van der Waals surface area contributed by atoms with Crippen molar-refractivity contribution >= 4 is 11.8 Å². The first-order valence-electron chi connectivity index (χ1n) is 14.3. The van der Waals surface area contributed by atoms with E-state index in [0.717, 1.165) is 38.6 Å². The molecule has 2 fully saturated rings. The minimum atomic E-state index is -0.0995. The molecule has 0 unspecified atom stereocenters. The molecule has 2 aromatic rings. The minimum absolute atomic E-state index is 0.0923. The van der Waals surface area contributed by atoms with Gasteiger partial charge in [-0.15, -0.1) is 0 Å². The number of hydrazine groups is 2. The smallest absolute Gasteiger partial charge is 0.267 e. The predicted octanol–water partition coefficient (Wildman–Crippen LogP) is 7.26. The second-order valence-corrected chi connectivity index (χ2v) is 10.4. The molecule has 0 bridgehead atoms. The topological polar surface area (TPSA) is 43.9 Å². The normalized spacial score (nSPS) is 20.0. The van der Waals surface area contributed by atoms with E-state index in [-0.39, 0.29) is 17.9 Å². The third-order valence-corrected chi connectivity index (χ3v) is 7.68. The quantitative estimate of drug-likeness (QED) is 0.456. The Hall–Kier alpha value is -2.66. The molecule has 2 aliphatic rings. The molecule has 5 nitrogen and oxygen atoms in total. The molecule has 4 rings (SSSR count). The zero-order valence-electron chi connectivity index (χ0n) is 21.8. The molecule has 1 saturated carbocycles. The highest BCUT2D eigenvalue weighted by Gasteiger charge is 2.36. The Morgan fingerprint density at radius 3 is 1.53 bits per heavy atom. The largest absolute Gasteiger partial charge is 0.287 e. The summed E-state index contributed by atoms with van der Waals surface area (Å²) in [5, 5.41) is 5.82. The number of nitrogens with zero attached hydrogens (tertiary/aromatic N) is 3. The van der Waals surface area contributed by atoms with Crippen LogP contribution in [0.1, 0.15) is 111 Å². The number of benzene rings is 2. The van der Waals surface area contributed by atoms with Gasteiger partial charge < -0.3 is 0 Å². The van der Waals surface area contributed by atoms with Crippen LogP contribution in [0.25, 0.3) is 0 Å². The van der Waals surface area contributed by atoms with Crippen molar-refractivity contribution in [2.24, 2.45) is 0 Å². The van der Waals surface area contributed by atoms with Gasteiger partial charge in [-0.2, -0.15) is 10.1 Å². The molecule has 0 atom stereocenters. The van der Waals surface area contributed by atoms with E-state index < -0.39 is 0 Å². The summed E-state index contributed by atoms with van der Waals surface area (Å²) in [6.07, 6.45) is 16.3. The van der Waals surface area contributed by atoms with E-state index in [2.05, 4.69) is 5.01 Å². The van der Waals surface area contributed by atoms with Crippen molar-refractivity contribution in [3.8, 4) is 0 Å². The van der Waals surface area contributed by atoms with Gasteiger partial charge in [0.05, 0.1) is 0 Å². The molecule has 2 amide bonds. The number of amides is 2. The summed E-state index contributed by atoms with van der Waals surface area (Å²) in [5.74, 6) is -0.192. The maximum atomic E-state index is 14.2. The first kappa shape index (κ1) is 26.4. The van der Waals surface area contributed by atoms with Crippen LogP contribution in [0.2, 0.25) is 0 Å². The number of carbonyl (C=O) groups is 2. The van der Waals surface area contributed by atoms with Crippen LogP contribution in [0.15, 0.2) is 60.7 Å². The second kappa shape index (κ2) is 14.2. The van der Waals surface area contributed by atoms with Crippen LogP contribution in [0.3, 0.4) is 0 Å². The summed E-state index contributed by atoms with van der Waals surface area (Å²) in [6, 6.07) is 19.2. The van der Waals surface area contributed by atoms with Gasteiger partial charge in [0, 0.05) is 30.3 Å². The summed E-state index contributed by atoms with van der Waals surface area (Å²) < 4.78 is 0. The molecule has 1 aliphatic heterocycles. The van der Waals surface area contributed by atoms with Crippen LogP contribution >= 0.6 is 0 Å². The molecular weight excluding hydrogens is 446 g/mol. The van der Waals surface area contributed by atoms with Crippen molar-refractivity contribution in [3.05, 3.63) is 71.8 Å². The number of carbonyl (C=O) groups excluding carboxylic acids is 2. The third kappa shape index (κ3) is 7.19. The molecule has 2 aromatic carbocycles. The Labute approximate surface area is 217 Å². The van der Waals surface area contributed by atoms with Gasteiger partial charge in [-0.05, 0) is 49.9 Å². The predicted molar refractivity (Wildman–Crippen MR) is 145 cm³/mol. The Bertz CT molecular complexity index is 923. The van der Waals surface area contributed by atoms with Crippen molar-refractivity contribution in [2.45, 2.75) is 95.9 Å². The van der Waals surface area contributed by atoms with Gasteiger partial charge in [-0.3, -0.25) is 9.59 Å². The Morgan fingerprint density at radius 2 is 0.972 bits per heavy atom. The van der Waals surface area contributed by atoms with Gasteiger partial charge in [-0.25, -0.2) is 5.01 Å². The highest BCUT2D eigenvalue weighted by Crippen LogP contribution is 2.27. The van der Waals surface area contributed by atoms with E-state index in [1.54, 1.807) is 10.1 Å². The molecule has 0 radical (unpaired) electrons. The number of hydrogen-bond acceptors (Lipinski definition) is 3. The molecule has 5 heteroatoms. The highest BCUT2D eigenvalue weighted by atomic mass is 16.2. The maximum absolute atomic E-state index is 14.2. The summed E-state index contributed by atoms with van der Waals surface area (Å²) in [6.45, 7) is 1.36. The zero-order valence-corrected chi connectivity index (χ0v) is 21.8. The Kier molecular flexibility index (Phi) is 10.4. The van der Waals surface area contributed by atoms with Gasteiger partial charge in [0.2, 0.25) is 0 Å². The molecule has 1 heterocycles. The Morgan fingerprint density at radius 1 is 0.528 bits per heavy atom. The summed E-state index contributed by atoms with van der Waals surface area (Å²) in [4.78, 5) is 28.2. The van der Waals surface area contributed by atoms with E-state index >= 15 is 0 Å². The van der Waals surface area contributed by atoms with Crippen molar-refractivity contribution in [3.63, 3.8) is 0 Å². The molecular formula is C31H43N3O2. The fraction of sp³-hybridized carbons (Fsp3) is 0.548. The van der Waals surface area contributed by atoms with Gasteiger partial charge in [0.25, 0.3) is 11.8 Å². The first-order chi connectivity index (χ1) is 17.8. The lowest BCUT2D eigenvalue weighted by atomic mass is 9.96. The van der Waals surface area contributed by atoms with Crippen LogP contribution in [0, 0.1) is 0 Å². The SMILES string of the molecule is O=C(c1ccccc1)N1CCCCCCCN(C2CCCCCCCCC2)N1C(=O)c1ccccc1. The summed E-state index contributed by atoms with van der Waals surface area (Å²) in [7, 11) is 0. The number of rotatable bonds is 3. The fourth-order valence-electron chi connectivity index (χ4n) is 5.66. The lowest BCUT2D eigenvalue weighted by Gasteiger charge is -2.46. The zero-order chi connectivity index (χ0) is 25.0. The highest BCUT2D eigenvalue weighted by molar-refractivity contribution is 5.98. The molecule has 0 spiro atoms. The van der Waals surface area contributed by atoms with Crippen LogP contribution in [0.4, 0.5) is 0 Å². The third-order valence-electron chi connectivity index (χ3n) is 7.68. The molecule has 1 aliphatic carbocycles. The van der Waals surface area contributed by atoms with Crippen molar-refractivity contribution < 1.29 is 9.59 Å². The van der Waals surface area contributed by atoms with E-state index in [1.807, 2.05) is 60.7 Å². The monoisotopic (exact) mass is 489 g/mol. The Balaban J connectivity index is 1.74.